The van der Waals surface area contributed by atoms with Crippen molar-refractivity contribution in [2.24, 2.45) is 23.7 Å². The molecule has 3 rings (SSSR count). The first-order valence-corrected chi connectivity index (χ1v) is 4.43. The molecule has 0 radical (unpaired) electrons. The maximum absolute atomic E-state index is 9.99. The molecule has 0 aliphatic heterocycles. The second-order valence-electron chi connectivity index (χ2n) is 4.58. The molecule has 1 unspecified atom stereocenters. The summed E-state index contributed by atoms with van der Waals surface area (Å²) in [5, 5.41) is 9.99. The third-order valence-corrected chi connectivity index (χ3v) is 4.21. The van der Waals surface area contributed by atoms with Crippen molar-refractivity contribution in [2.45, 2.75) is 31.8 Å². The van der Waals surface area contributed by atoms with E-state index >= 15 is 0 Å². The second kappa shape index (κ2) is 1.29. The van der Waals surface area contributed by atoms with Crippen molar-refractivity contribution in [1.29, 1.82) is 0 Å². The Bertz CT molecular complexity index is 167. The third-order valence-electron chi connectivity index (χ3n) is 4.21. The summed E-state index contributed by atoms with van der Waals surface area (Å²) < 4.78 is 0. The highest BCUT2D eigenvalue weighted by Crippen LogP contribution is 2.69. The maximum atomic E-state index is 9.99. The Hall–Kier alpha value is -0.0400. The summed E-state index contributed by atoms with van der Waals surface area (Å²) in [7, 11) is 0. The number of rotatable bonds is 0. The van der Waals surface area contributed by atoms with Gasteiger partial charge in [0, 0.05) is 0 Å². The fourth-order valence-corrected chi connectivity index (χ4v) is 3.67. The van der Waals surface area contributed by atoms with Gasteiger partial charge in [-0.1, -0.05) is 0 Å². The van der Waals surface area contributed by atoms with Crippen molar-refractivity contribution in [1.82, 2.24) is 0 Å². The lowest BCUT2D eigenvalue weighted by molar-refractivity contribution is -0.00276. The van der Waals surface area contributed by atoms with E-state index in [1.807, 2.05) is 0 Å². The topological polar surface area (TPSA) is 20.2 Å². The zero-order valence-corrected chi connectivity index (χ0v) is 6.38. The monoisotopic (exact) mass is 138 g/mol. The molecule has 3 fully saturated rings. The molecule has 3 aliphatic carbocycles. The van der Waals surface area contributed by atoms with E-state index in [4.69, 9.17) is 0 Å². The van der Waals surface area contributed by atoms with Crippen LogP contribution in [-0.2, 0) is 0 Å². The molecule has 2 bridgehead atoms. The summed E-state index contributed by atoms with van der Waals surface area (Å²) >= 11 is 0. The molecule has 0 saturated heterocycles. The van der Waals surface area contributed by atoms with Crippen LogP contribution < -0.4 is 0 Å². The fraction of sp³-hybridized carbons (Fsp3) is 1.00. The van der Waals surface area contributed by atoms with Crippen LogP contribution in [0.4, 0.5) is 0 Å². The van der Waals surface area contributed by atoms with Gasteiger partial charge in [0.15, 0.2) is 0 Å². The molecule has 5 atom stereocenters. The molecule has 1 nitrogen and oxygen atoms in total. The molecule has 0 spiro atoms. The van der Waals surface area contributed by atoms with E-state index in [1.54, 1.807) is 0 Å². The predicted octanol–water partition coefficient (Wildman–Crippen LogP) is 1.41. The molecule has 1 heteroatoms. The van der Waals surface area contributed by atoms with Crippen molar-refractivity contribution in [3.63, 3.8) is 0 Å². The normalized spacial score (nSPS) is 70.2. The Kier molecular flexibility index (Phi) is 0.722. The van der Waals surface area contributed by atoms with Crippen LogP contribution in [-0.4, -0.2) is 10.7 Å². The smallest absolute Gasteiger partial charge is 0.0681 e. The average molecular weight is 138 g/mol. The lowest BCUT2D eigenvalue weighted by atomic mass is 9.89. The molecule has 0 heterocycles. The molecule has 1 N–H and O–H groups in total. The van der Waals surface area contributed by atoms with Gasteiger partial charge in [-0.3, -0.25) is 0 Å². The summed E-state index contributed by atoms with van der Waals surface area (Å²) in [4.78, 5) is 0. The largest absolute Gasteiger partial charge is 0.390 e. The van der Waals surface area contributed by atoms with E-state index in [0.29, 0.717) is 11.8 Å². The summed E-state index contributed by atoms with van der Waals surface area (Å²) in [5.41, 5.74) is -0.256. The number of fused-ring (bicyclic) bond motifs is 5. The molecule has 0 amide bonds. The number of hydrogen-bond acceptors (Lipinski definition) is 1. The second-order valence-corrected chi connectivity index (χ2v) is 4.58. The van der Waals surface area contributed by atoms with Crippen LogP contribution in [0.15, 0.2) is 0 Å². The van der Waals surface area contributed by atoms with E-state index in [1.165, 1.54) is 19.3 Å². The minimum atomic E-state index is -0.256. The van der Waals surface area contributed by atoms with Gasteiger partial charge in [0.2, 0.25) is 0 Å². The summed E-state index contributed by atoms with van der Waals surface area (Å²) in [6.45, 7) is 2.06. The average Bonchev–Trinajstić information content (AvgIpc) is 2.54. The first kappa shape index (κ1) is 5.59. The van der Waals surface area contributed by atoms with Gasteiger partial charge in [0.25, 0.3) is 0 Å². The van der Waals surface area contributed by atoms with E-state index < -0.39 is 0 Å². The molecule has 0 aromatic heterocycles. The van der Waals surface area contributed by atoms with Crippen molar-refractivity contribution in [3.05, 3.63) is 0 Å². The predicted molar refractivity (Wildman–Crippen MR) is 38.4 cm³/mol. The van der Waals surface area contributed by atoms with Crippen LogP contribution in [0.2, 0.25) is 0 Å². The van der Waals surface area contributed by atoms with Gasteiger partial charge in [0.05, 0.1) is 5.60 Å². The highest BCUT2D eigenvalue weighted by Gasteiger charge is 2.67. The quantitative estimate of drug-likeness (QED) is 0.536. The third kappa shape index (κ3) is 0.402. The summed E-state index contributed by atoms with van der Waals surface area (Å²) in [5.74, 6) is 3.24. The van der Waals surface area contributed by atoms with Crippen LogP contribution in [0.1, 0.15) is 26.2 Å². The molecule has 3 saturated carbocycles. The number of hydrogen-bond donors (Lipinski definition) is 1. The van der Waals surface area contributed by atoms with Gasteiger partial charge in [-0.2, -0.15) is 0 Å². The Balaban J connectivity index is 2.05. The van der Waals surface area contributed by atoms with Crippen molar-refractivity contribution < 1.29 is 5.11 Å². The Morgan fingerprint density at radius 2 is 1.70 bits per heavy atom. The lowest BCUT2D eigenvalue weighted by Gasteiger charge is -2.25. The molecule has 3 aliphatic rings. The summed E-state index contributed by atoms with van der Waals surface area (Å²) in [6, 6.07) is 0. The van der Waals surface area contributed by atoms with Crippen LogP contribution in [0, 0.1) is 23.7 Å². The standard InChI is InChI=1S/C9H14O/c1-9(10)7-2-3-8(9)6-4-5(6)7/h5-8,10H,2-4H2,1H3/t5-,6+,7-,8+,9?. The van der Waals surface area contributed by atoms with E-state index in [2.05, 4.69) is 6.92 Å². The Morgan fingerprint density at radius 1 is 1.20 bits per heavy atom. The first-order chi connectivity index (χ1) is 4.71. The van der Waals surface area contributed by atoms with Gasteiger partial charge in [-0.05, 0) is 49.9 Å². The minimum Gasteiger partial charge on any atom is -0.390 e. The van der Waals surface area contributed by atoms with Gasteiger partial charge in [-0.25, -0.2) is 0 Å². The zero-order valence-electron chi connectivity index (χ0n) is 6.38. The van der Waals surface area contributed by atoms with E-state index in [-0.39, 0.29) is 5.60 Å². The van der Waals surface area contributed by atoms with Gasteiger partial charge >= 0.3 is 0 Å². The van der Waals surface area contributed by atoms with Gasteiger partial charge in [0.1, 0.15) is 0 Å². The molecular formula is C9H14O. The highest BCUT2D eigenvalue weighted by atomic mass is 16.3. The molecule has 10 heavy (non-hydrogen) atoms. The maximum Gasteiger partial charge on any atom is 0.0681 e. The Labute approximate surface area is 61.4 Å². The molecule has 0 aromatic rings. The molecule has 0 aromatic carbocycles. The molecular weight excluding hydrogens is 124 g/mol. The Morgan fingerprint density at radius 3 is 2.00 bits per heavy atom. The van der Waals surface area contributed by atoms with E-state index in [9.17, 15) is 5.11 Å². The van der Waals surface area contributed by atoms with Crippen LogP contribution in [0.3, 0.4) is 0 Å². The van der Waals surface area contributed by atoms with Crippen molar-refractivity contribution >= 4 is 0 Å². The van der Waals surface area contributed by atoms with Crippen LogP contribution in [0.25, 0.3) is 0 Å². The minimum absolute atomic E-state index is 0.256. The highest BCUT2D eigenvalue weighted by molar-refractivity contribution is 5.17. The van der Waals surface area contributed by atoms with Crippen LogP contribution in [0.5, 0.6) is 0 Å². The number of aliphatic hydroxyl groups is 1. The van der Waals surface area contributed by atoms with E-state index in [0.717, 1.165) is 11.8 Å². The van der Waals surface area contributed by atoms with Crippen molar-refractivity contribution in [2.75, 3.05) is 0 Å². The van der Waals surface area contributed by atoms with Gasteiger partial charge < -0.3 is 5.11 Å². The van der Waals surface area contributed by atoms with Crippen molar-refractivity contribution in [3.8, 4) is 0 Å². The summed E-state index contributed by atoms with van der Waals surface area (Å²) in [6.07, 6.45) is 4.04. The van der Waals surface area contributed by atoms with Crippen LogP contribution >= 0.6 is 0 Å². The first-order valence-electron chi connectivity index (χ1n) is 4.43. The van der Waals surface area contributed by atoms with Gasteiger partial charge in [-0.15, -0.1) is 0 Å². The lowest BCUT2D eigenvalue weighted by Crippen LogP contribution is -2.32. The zero-order chi connectivity index (χ0) is 6.93. The molecule has 56 valence electrons. The fourth-order valence-electron chi connectivity index (χ4n) is 3.67. The SMILES string of the molecule is CC1(O)[C@@H]2CC[C@H]1[C@H]1C[C@H]12.